The first kappa shape index (κ1) is 28.3. The largest absolute Gasteiger partial charge is 0.480 e. The van der Waals surface area contributed by atoms with Crippen LogP contribution in [0.5, 0.6) is 5.88 Å². The normalized spacial score (nSPS) is 13.9. The molecule has 1 aliphatic heterocycles. The number of anilines is 1. The first-order valence-electron chi connectivity index (χ1n) is 13.6. The molecule has 0 saturated carbocycles. The molecular weight excluding hydrogens is 494 g/mol. The van der Waals surface area contributed by atoms with E-state index in [1.165, 1.54) is 0 Å². The van der Waals surface area contributed by atoms with Gasteiger partial charge in [0.1, 0.15) is 0 Å². The number of rotatable bonds is 9. The van der Waals surface area contributed by atoms with Crippen LogP contribution in [0.1, 0.15) is 72.3 Å². The standard InChI is InChI=1S/C30H39N5O4/c1-7-35(22-8-10-39-11-9-22)27-14-21(26-16-32-28(38-6)17-31-26)13-24(20(27)5)29(36)33-15-25-23(18(2)3)12-19(4)34-30(25)37/h12-14,16-18,22H,7-11,15H2,1-6H3,(H,33,36)(H,34,37). The van der Waals surface area contributed by atoms with Crippen molar-refractivity contribution in [2.45, 2.75) is 66.0 Å². The number of ether oxygens (including phenoxy) is 2. The smallest absolute Gasteiger partial charge is 0.253 e. The third-order valence-electron chi connectivity index (χ3n) is 7.39. The van der Waals surface area contributed by atoms with Gasteiger partial charge in [-0.3, -0.25) is 9.59 Å². The number of pyridine rings is 1. The van der Waals surface area contributed by atoms with Crippen molar-refractivity contribution in [1.82, 2.24) is 20.3 Å². The molecule has 0 radical (unpaired) electrons. The van der Waals surface area contributed by atoms with Crippen LogP contribution in [0.3, 0.4) is 0 Å². The van der Waals surface area contributed by atoms with Gasteiger partial charge in [-0.1, -0.05) is 13.8 Å². The molecule has 1 saturated heterocycles. The van der Waals surface area contributed by atoms with Gasteiger partial charge >= 0.3 is 0 Å². The van der Waals surface area contributed by atoms with Crippen molar-refractivity contribution >= 4 is 11.6 Å². The Morgan fingerprint density at radius 3 is 2.54 bits per heavy atom. The van der Waals surface area contributed by atoms with Gasteiger partial charge in [-0.05, 0) is 68.9 Å². The number of aromatic nitrogens is 3. The number of nitrogens with zero attached hydrogens (tertiary/aromatic N) is 3. The molecular formula is C30H39N5O4. The van der Waals surface area contributed by atoms with E-state index in [4.69, 9.17) is 9.47 Å². The van der Waals surface area contributed by atoms with Crippen LogP contribution in [-0.2, 0) is 11.3 Å². The highest BCUT2D eigenvalue weighted by atomic mass is 16.5. The molecule has 1 amide bonds. The summed E-state index contributed by atoms with van der Waals surface area (Å²) in [5, 5.41) is 3.02. The van der Waals surface area contributed by atoms with Gasteiger partial charge in [0.25, 0.3) is 11.5 Å². The molecule has 0 aliphatic carbocycles. The van der Waals surface area contributed by atoms with Gasteiger partial charge in [-0.25, -0.2) is 9.97 Å². The third-order valence-corrected chi connectivity index (χ3v) is 7.39. The Bertz CT molecular complexity index is 1360. The van der Waals surface area contributed by atoms with Crippen LogP contribution in [0.2, 0.25) is 0 Å². The van der Waals surface area contributed by atoms with E-state index in [9.17, 15) is 9.59 Å². The topological polar surface area (TPSA) is 109 Å². The fourth-order valence-electron chi connectivity index (χ4n) is 5.28. The maximum atomic E-state index is 13.7. The number of benzene rings is 1. The van der Waals surface area contributed by atoms with Gasteiger partial charge in [0, 0.05) is 60.4 Å². The number of amides is 1. The molecule has 0 atom stereocenters. The zero-order valence-electron chi connectivity index (χ0n) is 23.8. The SMILES string of the molecule is CCN(c1cc(-c2cnc(OC)cn2)cc(C(=O)NCc2c(C(C)C)cc(C)[nH]c2=O)c1C)C1CCOCC1. The van der Waals surface area contributed by atoms with Crippen LogP contribution in [-0.4, -0.2) is 53.8 Å². The molecule has 1 fully saturated rings. The van der Waals surface area contributed by atoms with Crippen LogP contribution in [0, 0.1) is 13.8 Å². The maximum Gasteiger partial charge on any atom is 0.253 e. The van der Waals surface area contributed by atoms with Crippen molar-refractivity contribution in [1.29, 1.82) is 0 Å². The summed E-state index contributed by atoms with van der Waals surface area (Å²) >= 11 is 0. The van der Waals surface area contributed by atoms with Crippen LogP contribution in [0.4, 0.5) is 5.69 Å². The summed E-state index contributed by atoms with van der Waals surface area (Å²) in [7, 11) is 1.55. The lowest BCUT2D eigenvalue weighted by Crippen LogP contribution is -2.40. The maximum absolute atomic E-state index is 13.7. The molecule has 208 valence electrons. The number of carbonyl (C=O) groups excluding carboxylic acids is 1. The van der Waals surface area contributed by atoms with Crippen LogP contribution < -0.4 is 20.5 Å². The zero-order chi connectivity index (χ0) is 28.1. The molecule has 2 aromatic heterocycles. The van der Waals surface area contributed by atoms with E-state index in [1.807, 2.05) is 39.8 Å². The molecule has 1 aliphatic rings. The van der Waals surface area contributed by atoms with E-state index in [0.29, 0.717) is 28.7 Å². The fraction of sp³-hybridized carbons (Fsp3) is 0.467. The van der Waals surface area contributed by atoms with E-state index in [0.717, 1.165) is 60.7 Å². The van der Waals surface area contributed by atoms with Crippen molar-refractivity contribution in [2.24, 2.45) is 0 Å². The first-order valence-corrected chi connectivity index (χ1v) is 13.6. The average molecular weight is 534 g/mol. The number of aryl methyl sites for hydroxylation is 1. The molecule has 39 heavy (non-hydrogen) atoms. The summed E-state index contributed by atoms with van der Waals surface area (Å²) in [6, 6.07) is 6.23. The van der Waals surface area contributed by atoms with Crippen molar-refractivity contribution in [3.8, 4) is 17.1 Å². The molecule has 0 unspecified atom stereocenters. The van der Waals surface area contributed by atoms with E-state index >= 15 is 0 Å². The Morgan fingerprint density at radius 2 is 1.92 bits per heavy atom. The van der Waals surface area contributed by atoms with Gasteiger partial charge in [-0.15, -0.1) is 0 Å². The van der Waals surface area contributed by atoms with E-state index in [1.54, 1.807) is 19.5 Å². The summed E-state index contributed by atoms with van der Waals surface area (Å²) in [6.45, 7) is 12.4. The molecule has 9 heteroatoms. The lowest BCUT2D eigenvalue weighted by atomic mass is 9.96. The van der Waals surface area contributed by atoms with E-state index < -0.39 is 0 Å². The Labute approximate surface area is 230 Å². The van der Waals surface area contributed by atoms with Crippen LogP contribution in [0.25, 0.3) is 11.3 Å². The van der Waals surface area contributed by atoms with Gasteiger partial charge in [0.2, 0.25) is 5.88 Å². The zero-order valence-corrected chi connectivity index (χ0v) is 23.8. The molecule has 3 heterocycles. The first-order chi connectivity index (χ1) is 18.7. The second kappa shape index (κ2) is 12.4. The number of hydrogen-bond donors (Lipinski definition) is 2. The van der Waals surface area contributed by atoms with Crippen molar-refractivity contribution < 1.29 is 14.3 Å². The number of methoxy groups -OCH3 is 1. The van der Waals surface area contributed by atoms with Gasteiger partial charge < -0.3 is 24.7 Å². The predicted octanol–water partition coefficient (Wildman–Crippen LogP) is 4.52. The summed E-state index contributed by atoms with van der Waals surface area (Å²) in [5.41, 5.74) is 6.00. The summed E-state index contributed by atoms with van der Waals surface area (Å²) in [6.07, 6.45) is 5.08. The van der Waals surface area contributed by atoms with E-state index in [-0.39, 0.29) is 23.9 Å². The average Bonchev–Trinajstić information content (AvgIpc) is 2.94. The minimum atomic E-state index is -0.241. The summed E-state index contributed by atoms with van der Waals surface area (Å²) in [4.78, 5) is 40.6. The number of hydrogen-bond acceptors (Lipinski definition) is 7. The quantitative estimate of drug-likeness (QED) is 0.416. The number of H-pyrrole nitrogens is 1. The molecule has 9 nitrogen and oxygen atoms in total. The summed E-state index contributed by atoms with van der Waals surface area (Å²) < 4.78 is 10.8. The highest BCUT2D eigenvalue weighted by Gasteiger charge is 2.25. The molecule has 1 aromatic carbocycles. The lowest BCUT2D eigenvalue weighted by molar-refractivity contribution is 0.0846. The van der Waals surface area contributed by atoms with Crippen molar-refractivity contribution in [2.75, 3.05) is 31.8 Å². The van der Waals surface area contributed by atoms with Crippen molar-refractivity contribution in [3.63, 3.8) is 0 Å². The van der Waals surface area contributed by atoms with Crippen LogP contribution >= 0.6 is 0 Å². The highest BCUT2D eigenvalue weighted by molar-refractivity contribution is 5.98. The highest BCUT2D eigenvalue weighted by Crippen LogP contribution is 2.33. The van der Waals surface area contributed by atoms with Gasteiger partial charge in [-0.2, -0.15) is 0 Å². The lowest BCUT2D eigenvalue weighted by Gasteiger charge is -2.37. The Kier molecular flexibility index (Phi) is 9.01. The second-order valence-electron chi connectivity index (χ2n) is 10.3. The molecule has 4 rings (SSSR count). The van der Waals surface area contributed by atoms with Crippen molar-refractivity contribution in [3.05, 3.63) is 68.9 Å². The van der Waals surface area contributed by atoms with Gasteiger partial charge in [0.15, 0.2) is 0 Å². The molecule has 2 N–H and O–H groups in total. The summed E-state index contributed by atoms with van der Waals surface area (Å²) in [5.74, 6) is 0.335. The predicted molar refractivity (Wildman–Crippen MR) is 153 cm³/mol. The molecule has 0 spiro atoms. The Hall–Kier alpha value is -3.72. The Balaban J connectivity index is 1.74. The second-order valence-corrected chi connectivity index (χ2v) is 10.3. The number of aromatic amines is 1. The Morgan fingerprint density at radius 1 is 1.18 bits per heavy atom. The molecule has 0 bridgehead atoms. The minimum absolute atomic E-state index is 0.140. The molecule has 3 aromatic rings. The monoisotopic (exact) mass is 533 g/mol. The number of nitrogens with one attached hydrogen (secondary N) is 2. The fourth-order valence-corrected chi connectivity index (χ4v) is 5.28. The van der Waals surface area contributed by atoms with Gasteiger partial charge in [0.05, 0.1) is 25.2 Å². The van der Waals surface area contributed by atoms with E-state index in [2.05, 4.69) is 38.2 Å². The minimum Gasteiger partial charge on any atom is -0.480 e. The third kappa shape index (κ3) is 6.30. The number of carbonyl (C=O) groups is 1. The van der Waals surface area contributed by atoms with Crippen LogP contribution in [0.15, 0.2) is 35.4 Å².